The highest BCUT2D eigenvalue weighted by Gasteiger charge is 2.23. The molecule has 0 aliphatic rings. The van der Waals surface area contributed by atoms with Crippen molar-refractivity contribution in [1.29, 1.82) is 0 Å². The van der Waals surface area contributed by atoms with Crippen LogP contribution in [0.3, 0.4) is 0 Å². The fourth-order valence-electron chi connectivity index (χ4n) is 3.44. The summed E-state index contributed by atoms with van der Waals surface area (Å²) in [5, 5.41) is 2.97. The zero-order valence-electron chi connectivity index (χ0n) is 19.5. The van der Waals surface area contributed by atoms with E-state index in [1.807, 2.05) is 44.2 Å². The molecule has 2 aromatic rings. The highest BCUT2D eigenvalue weighted by molar-refractivity contribution is 7.92. The first-order valence-electron chi connectivity index (χ1n) is 10.4. The third kappa shape index (κ3) is 6.47. The summed E-state index contributed by atoms with van der Waals surface area (Å²) in [6.45, 7) is 9.92. The molecular formula is C24H34N2O4S. The molecule has 7 heteroatoms. The molecule has 0 aliphatic carbocycles. The van der Waals surface area contributed by atoms with Gasteiger partial charge in [-0.3, -0.25) is 9.10 Å². The van der Waals surface area contributed by atoms with Crippen LogP contribution in [0.5, 0.6) is 5.75 Å². The molecule has 2 rings (SSSR count). The number of hydrogen-bond acceptors (Lipinski definition) is 4. The van der Waals surface area contributed by atoms with Crippen LogP contribution in [0.1, 0.15) is 56.8 Å². The summed E-state index contributed by atoms with van der Waals surface area (Å²) in [5.74, 6) is 0.428. The van der Waals surface area contributed by atoms with Crippen LogP contribution in [0.2, 0.25) is 0 Å². The van der Waals surface area contributed by atoms with Gasteiger partial charge >= 0.3 is 0 Å². The third-order valence-electron chi connectivity index (χ3n) is 5.27. The maximum atomic E-state index is 12.8. The minimum atomic E-state index is -3.63. The number of carbonyl (C=O) groups excluding carboxylic acids is 1. The Balaban J connectivity index is 2.21. The van der Waals surface area contributed by atoms with E-state index in [-0.39, 0.29) is 23.9 Å². The normalized spacial score (nSPS) is 12.9. The van der Waals surface area contributed by atoms with Gasteiger partial charge in [0.05, 0.1) is 25.1 Å². The smallest absolute Gasteiger partial charge is 0.241 e. The Bertz CT molecular complexity index is 1010. The van der Waals surface area contributed by atoms with Crippen molar-refractivity contribution in [3.63, 3.8) is 0 Å². The molecule has 0 saturated carbocycles. The van der Waals surface area contributed by atoms with Crippen LogP contribution >= 0.6 is 0 Å². The summed E-state index contributed by atoms with van der Waals surface area (Å²) in [5.41, 5.74) is 3.45. The van der Waals surface area contributed by atoms with Crippen LogP contribution < -0.4 is 14.4 Å². The van der Waals surface area contributed by atoms with Crippen molar-refractivity contribution in [2.75, 3.05) is 24.2 Å². The van der Waals surface area contributed by atoms with Gasteiger partial charge < -0.3 is 10.1 Å². The topological polar surface area (TPSA) is 75.7 Å². The number of amides is 1. The van der Waals surface area contributed by atoms with Gasteiger partial charge in [-0.2, -0.15) is 0 Å². The largest absolute Gasteiger partial charge is 0.496 e. The van der Waals surface area contributed by atoms with E-state index in [0.717, 1.165) is 33.0 Å². The van der Waals surface area contributed by atoms with E-state index in [1.54, 1.807) is 19.2 Å². The van der Waals surface area contributed by atoms with Crippen molar-refractivity contribution in [1.82, 2.24) is 5.32 Å². The van der Waals surface area contributed by atoms with E-state index < -0.39 is 10.0 Å². The van der Waals surface area contributed by atoms with Crippen molar-refractivity contribution in [2.24, 2.45) is 0 Å². The number of benzene rings is 2. The average molecular weight is 447 g/mol. The van der Waals surface area contributed by atoms with E-state index in [4.69, 9.17) is 4.74 Å². The van der Waals surface area contributed by atoms with Gasteiger partial charge in [-0.1, -0.05) is 52.0 Å². The predicted octanol–water partition coefficient (Wildman–Crippen LogP) is 4.33. The molecule has 0 heterocycles. The molecule has 0 bridgehead atoms. The van der Waals surface area contributed by atoms with E-state index in [9.17, 15) is 13.2 Å². The van der Waals surface area contributed by atoms with Gasteiger partial charge in [0.2, 0.25) is 15.9 Å². The fraction of sp³-hybridized carbons (Fsp3) is 0.458. The number of hydrogen-bond donors (Lipinski definition) is 1. The van der Waals surface area contributed by atoms with Gasteiger partial charge in [-0.25, -0.2) is 8.42 Å². The van der Waals surface area contributed by atoms with Crippen LogP contribution in [0.15, 0.2) is 42.5 Å². The van der Waals surface area contributed by atoms with Crippen molar-refractivity contribution in [3.8, 4) is 5.75 Å². The zero-order chi connectivity index (χ0) is 23.4. The average Bonchev–Trinajstić information content (AvgIpc) is 2.68. The Labute approximate surface area is 186 Å². The second-order valence-corrected chi connectivity index (χ2v) is 10.7. The Morgan fingerprint density at radius 2 is 1.74 bits per heavy atom. The second-order valence-electron chi connectivity index (χ2n) is 8.82. The molecule has 0 spiro atoms. The van der Waals surface area contributed by atoms with Gasteiger partial charge in [0.15, 0.2) is 0 Å². The van der Waals surface area contributed by atoms with E-state index >= 15 is 0 Å². The van der Waals surface area contributed by atoms with E-state index in [0.29, 0.717) is 12.1 Å². The molecule has 1 amide bonds. The zero-order valence-corrected chi connectivity index (χ0v) is 20.3. The predicted molar refractivity (Wildman–Crippen MR) is 126 cm³/mol. The Morgan fingerprint density at radius 1 is 1.13 bits per heavy atom. The lowest BCUT2D eigenvalue weighted by molar-refractivity contribution is -0.120. The maximum Gasteiger partial charge on any atom is 0.241 e. The number of carbonyl (C=O) groups is 1. The minimum Gasteiger partial charge on any atom is -0.496 e. The number of methoxy groups -OCH3 is 1. The number of rotatable bonds is 8. The standard InChI is InChI=1S/C24H34N2O4S/c1-8-21(18-9-14-22(30-6)17(2)15-18)25-23(27)16-26(31(7,28)29)20-12-10-19(11-13-20)24(3,4)5/h9-15,21H,8,16H2,1-7H3,(H,25,27)/t21-/m1/s1. The summed E-state index contributed by atoms with van der Waals surface area (Å²) in [6.07, 6.45) is 1.79. The lowest BCUT2D eigenvalue weighted by Crippen LogP contribution is -2.41. The van der Waals surface area contributed by atoms with Crippen LogP contribution in [0, 0.1) is 6.92 Å². The lowest BCUT2D eigenvalue weighted by atomic mass is 9.87. The number of aryl methyl sites for hydroxylation is 1. The summed E-state index contributed by atoms with van der Waals surface area (Å²) >= 11 is 0. The molecule has 2 aromatic carbocycles. The number of nitrogens with one attached hydrogen (secondary N) is 1. The molecule has 0 radical (unpaired) electrons. The maximum absolute atomic E-state index is 12.8. The summed E-state index contributed by atoms with van der Waals surface area (Å²) < 4.78 is 31.3. The fourth-order valence-corrected chi connectivity index (χ4v) is 4.29. The highest BCUT2D eigenvalue weighted by atomic mass is 32.2. The van der Waals surface area contributed by atoms with Crippen molar-refractivity contribution in [3.05, 3.63) is 59.2 Å². The monoisotopic (exact) mass is 446 g/mol. The molecule has 0 fully saturated rings. The first-order chi connectivity index (χ1) is 14.4. The van der Waals surface area contributed by atoms with Gasteiger partial charge in [-0.15, -0.1) is 0 Å². The molecule has 31 heavy (non-hydrogen) atoms. The van der Waals surface area contributed by atoms with Crippen molar-refractivity contribution < 1.29 is 17.9 Å². The van der Waals surface area contributed by atoms with Gasteiger partial charge in [0.1, 0.15) is 12.3 Å². The van der Waals surface area contributed by atoms with Crippen molar-refractivity contribution >= 4 is 21.6 Å². The van der Waals surface area contributed by atoms with Crippen molar-refractivity contribution in [2.45, 2.75) is 52.5 Å². The molecule has 170 valence electrons. The van der Waals surface area contributed by atoms with Gasteiger partial charge in [-0.05, 0) is 53.6 Å². The van der Waals surface area contributed by atoms with Crippen LogP contribution in [-0.2, 0) is 20.2 Å². The molecule has 0 aliphatic heterocycles. The quantitative estimate of drug-likeness (QED) is 0.655. The number of nitrogens with zero attached hydrogens (tertiary/aromatic N) is 1. The minimum absolute atomic E-state index is 0.0450. The molecule has 0 aromatic heterocycles. The lowest BCUT2D eigenvalue weighted by Gasteiger charge is -2.25. The summed E-state index contributed by atoms with van der Waals surface area (Å²) in [6, 6.07) is 12.9. The Hall–Kier alpha value is -2.54. The Morgan fingerprint density at radius 3 is 2.19 bits per heavy atom. The van der Waals surface area contributed by atoms with Crippen LogP contribution in [0.4, 0.5) is 5.69 Å². The van der Waals surface area contributed by atoms with Crippen LogP contribution in [-0.4, -0.2) is 34.2 Å². The molecule has 1 atom stereocenters. The molecule has 0 saturated heterocycles. The number of ether oxygens (including phenoxy) is 1. The molecule has 0 unspecified atom stereocenters. The second kappa shape index (κ2) is 9.73. The van der Waals surface area contributed by atoms with Crippen LogP contribution in [0.25, 0.3) is 0 Å². The molecule has 1 N–H and O–H groups in total. The van der Waals surface area contributed by atoms with E-state index in [1.165, 1.54) is 0 Å². The highest BCUT2D eigenvalue weighted by Crippen LogP contribution is 2.27. The SMILES string of the molecule is CC[C@@H](NC(=O)CN(c1ccc(C(C)(C)C)cc1)S(C)(=O)=O)c1ccc(OC)c(C)c1. The summed E-state index contributed by atoms with van der Waals surface area (Å²) in [7, 11) is -2.01. The first-order valence-corrected chi connectivity index (χ1v) is 12.2. The molecule has 6 nitrogen and oxygen atoms in total. The number of anilines is 1. The van der Waals surface area contributed by atoms with Gasteiger partial charge in [0.25, 0.3) is 0 Å². The van der Waals surface area contributed by atoms with E-state index in [2.05, 4.69) is 26.1 Å². The van der Waals surface area contributed by atoms with Gasteiger partial charge in [0, 0.05) is 0 Å². The number of sulfonamides is 1. The Kier molecular flexibility index (Phi) is 7.76. The first kappa shape index (κ1) is 24.7. The molecular weight excluding hydrogens is 412 g/mol. The summed E-state index contributed by atoms with van der Waals surface area (Å²) in [4.78, 5) is 12.8. The third-order valence-corrected chi connectivity index (χ3v) is 6.41.